The number of amides is 1. The molecule has 5 nitrogen and oxygen atoms in total. The van der Waals surface area contributed by atoms with Crippen LogP contribution in [0.4, 0.5) is 11.4 Å². The van der Waals surface area contributed by atoms with Crippen molar-refractivity contribution in [2.24, 2.45) is 0 Å². The number of hydrogen-bond acceptors (Lipinski definition) is 4. The number of benzene rings is 1. The van der Waals surface area contributed by atoms with Crippen LogP contribution >= 0.6 is 0 Å². The largest absolute Gasteiger partial charge is 0.381 e. The quantitative estimate of drug-likeness (QED) is 0.890. The Morgan fingerprint density at radius 3 is 2.91 bits per heavy atom. The highest BCUT2D eigenvalue weighted by atomic mass is 16.5. The summed E-state index contributed by atoms with van der Waals surface area (Å²) in [6.45, 7) is 3.61. The molecule has 1 saturated heterocycles. The predicted octanol–water partition coefficient (Wildman–Crippen LogP) is 3.23. The Labute approximate surface area is 136 Å². The molecule has 1 aromatic carbocycles. The third-order valence-electron chi connectivity index (χ3n) is 3.83. The minimum atomic E-state index is -0.207. The zero-order chi connectivity index (χ0) is 16.1. The third-order valence-corrected chi connectivity index (χ3v) is 3.83. The van der Waals surface area contributed by atoms with Crippen molar-refractivity contribution in [1.82, 2.24) is 4.98 Å². The molecule has 0 spiro atoms. The summed E-state index contributed by atoms with van der Waals surface area (Å²) in [6.07, 6.45) is 4.18. The van der Waals surface area contributed by atoms with Gasteiger partial charge in [-0.1, -0.05) is 12.1 Å². The van der Waals surface area contributed by atoms with Gasteiger partial charge in [0.15, 0.2) is 0 Å². The number of nitrogens with one attached hydrogen (secondary N) is 2. The molecule has 1 amide bonds. The van der Waals surface area contributed by atoms with E-state index in [1.54, 1.807) is 12.3 Å². The average molecular weight is 311 g/mol. The van der Waals surface area contributed by atoms with Crippen LogP contribution in [0.3, 0.4) is 0 Å². The molecule has 1 unspecified atom stereocenters. The number of carbonyl (C=O) groups is 1. The first-order valence-corrected chi connectivity index (χ1v) is 7.90. The molecule has 2 heterocycles. The van der Waals surface area contributed by atoms with Crippen molar-refractivity contribution in [3.8, 4) is 0 Å². The van der Waals surface area contributed by atoms with E-state index in [1.807, 2.05) is 37.3 Å². The highest BCUT2D eigenvalue weighted by Crippen LogP contribution is 2.15. The van der Waals surface area contributed by atoms with Gasteiger partial charge < -0.3 is 15.4 Å². The van der Waals surface area contributed by atoms with E-state index in [-0.39, 0.29) is 12.0 Å². The first kappa shape index (κ1) is 15.5. The number of nitrogens with zero attached hydrogens (tertiary/aromatic N) is 1. The Morgan fingerprint density at radius 1 is 1.30 bits per heavy atom. The van der Waals surface area contributed by atoms with Crippen molar-refractivity contribution < 1.29 is 9.53 Å². The molecular weight excluding hydrogens is 290 g/mol. The third kappa shape index (κ3) is 4.29. The van der Waals surface area contributed by atoms with Crippen LogP contribution in [0.2, 0.25) is 0 Å². The second-order valence-corrected chi connectivity index (χ2v) is 5.77. The molecule has 1 aliphatic heterocycles. The molecule has 0 bridgehead atoms. The Kier molecular flexibility index (Phi) is 4.88. The fourth-order valence-corrected chi connectivity index (χ4v) is 2.59. The Balaban J connectivity index is 1.56. The SMILES string of the molecule is Cc1cccc(NC(=O)c2ccc(NCC3CCCO3)cn2)c1. The van der Waals surface area contributed by atoms with Gasteiger partial charge in [0.05, 0.1) is 18.0 Å². The average Bonchev–Trinajstić information content (AvgIpc) is 3.07. The summed E-state index contributed by atoms with van der Waals surface area (Å²) in [4.78, 5) is 16.4. The normalized spacial score (nSPS) is 17.0. The van der Waals surface area contributed by atoms with E-state index in [9.17, 15) is 4.79 Å². The lowest BCUT2D eigenvalue weighted by Crippen LogP contribution is -2.19. The van der Waals surface area contributed by atoms with Crippen LogP contribution in [0, 0.1) is 6.92 Å². The van der Waals surface area contributed by atoms with Gasteiger partial charge in [-0.15, -0.1) is 0 Å². The summed E-state index contributed by atoms with van der Waals surface area (Å²) in [7, 11) is 0. The van der Waals surface area contributed by atoms with E-state index < -0.39 is 0 Å². The van der Waals surface area contributed by atoms with Crippen molar-refractivity contribution in [3.05, 3.63) is 53.9 Å². The summed E-state index contributed by atoms with van der Waals surface area (Å²) < 4.78 is 5.57. The van der Waals surface area contributed by atoms with Gasteiger partial charge in [0, 0.05) is 18.8 Å². The molecule has 5 heteroatoms. The number of rotatable bonds is 5. The molecule has 0 saturated carbocycles. The highest BCUT2D eigenvalue weighted by molar-refractivity contribution is 6.02. The summed E-state index contributed by atoms with van der Waals surface area (Å²) in [5, 5.41) is 6.14. The van der Waals surface area contributed by atoms with E-state index >= 15 is 0 Å². The molecule has 3 rings (SSSR count). The Morgan fingerprint density at radius 2 is 2.22 bits per heavy atom. The van der Waals surface area contributed by atoms with Crippen LogP contribution in [0.1, 0.15) is 28.9 Å². The van der Waals surface area contributed by atoms with Gasteiger partial charge in [-0.05, 0) is 49.6 Å². The highest BCUT2D eigenvalue weighted by Gasteiger charge is 2.15. The Hall–Kier alpha value is -2.40. The molecule has 120 valence electrons. The second-order valence-electron chi connectivity index (χ2n) is 5.77. The summed E-state index contributed by atoms with van der Waals surface area (Å²) >= 11 is 0. The molecule has 1 atom stereocenters. The van der Waals surface area contributed by atoms with E-state index in [4.69, 9.17) is 4.74 Å². The van der Waals surface area contributed by atoms with Crippen LogP contribution < -0.4 is 10.6 Å². The number of aryl methyl sites for hydroxylation is 1. The number of ether oxygens (including phenoxy) is 1. The van der Waals surface area contributed by atoms with E-state index in [1.165, 1.54) is 0 Å². The topological polar surface area (TPSA) is 63.2 Å². The first-order chi connectivity index (χ1) is 11.2. The molecule has 1 aromatic heterocycles. The number of aromatic nitrogens is 1. The molecule has 23 heavy (non-hydrogen) atoms. The van der Waals surface area contributed by atoms with Gasteiger partial charge in [-0.3, -0.25) is 4.79 Å². The minimum absolute atomic E-state index is 0.207. The monoisotopic (exact) mass is 311 g/mol. The minimum Gasteiger partial charge on any atom is -0.381 e. The van der Waals surface area contributed by atoms with Gasteiger partial charge in [-0.2, -0.15) is 0 Å². The van der Waals surface area contributed by atoms with Crippen LogP contribution in [0.25, 0.3) is 0 Å². The van der Waals surface area contributed by atoms with Gasteiger partial charge in [-0.25, -0.2) is 4.98 Å². The maximum atomic E-state index is 12.2. The number of hydrogen-bond donors (Lipinski definition) is 2. The van der Waals surface area contributed by atoms with E-state index in [0.717, 1.165) is 42.9 Å². The molecular formula is C18H21N3O2. The van der Waals surface area contributed by atoms with E-state index in [0.29, 0.717) is 5.69 Å². The number of carbonyl (C=O) groups excluding carboxylic acids is 1. The molecule has 1 fully saturated rings. The summed E-state index contributed by atoms with van der Waals surface area (Å²) in [5.41, 5.74) is 3.17. The smallest absolute Gasteiger partial charge is 0.274 e. The second kappa shape index (κ2) is 7.24. The maximum absolute atomic E-state index is 12.2. The van der Waals surface area contributed by atoms with Gasteiger partial charge in [0.2, 0.25) is 0 Å². The van der Waals surface area contributed by atoms with E-state index in [2.05, 4.69) is 15.6 Å². The lowest BCUT2D eigenvalue weighted by molar-refractivity contribution is 0.102. The fraction of sp³-hybridized carbons (Fsp3) is 0.333. The lowest BCUT2D eigenvalue weighted by atomic mass is 10.2. The summed E-state index contributed by atoms with van der Waals surface area (Å²) in [6, 6.07) is 11.3. The molecule has 0 aliphatic carbocycles. The van der Waals surface area contributed by atoms with Crippen molar-refractivity contribution in [3.63, 3.8) is 0 Å². The zero-order valence-electron chi connectivity index (χ0n) is 13.2. The van der Waals surface area contributed by atoms with Crippen LogP contribution in [-0.4, -0.2) is 30.1 Å². The zero-order valence-corrected chi connectivity index (χ0v) is 13.2. The summed E-state index contributed by atoms with van der Waals surface area (Å²) in [5.74, 6) is -0.207. The van der Waals surface area contributed by atoms with Crippen molar-refractivity contribution in [2.45, 2.75) is 25.9 Å². The van der Waals surface area contributed by atoms with Crippen molar-refractivity contribution >= 4 is 17.3 Å². The van der Waals surface area contributed by atoms with Crippen LogP contribution in [0.15, 0.2) is 42.6 Å². The number of pyridine rings is 1. The van der Waals surface area contributed by atoms with Gasteiger partial charge >= 0.3 is 0 Å². The van der Waals surface area contributed by atoms with Crippen molar-refractivity contribution in [1.29, 1.82) is 0 Å². The van der Waals surface area contributed by atoms with Crippen molar-refractivity contribution in [2.75, 3.05) is 23.8 Å². The van der Waals surface area contributed by atoms with Crippen LogP contribution in [0.5, 0.6) is 0 Å². The van der Waals surface area contributed by atoms with Gasteiger partial charge in [0.1, 0.15) is 5.69 Å². The maximum Gasteiger partial charge on any atom is 0.274 e. The predicted molar refractivity (Wildman–Crippen MR) is 90.8 cm³/mol. The first-order valence-electron chi connectivity index (χ1n) is 7.90. The van der Waals surface area contributed by atoms with Gasteiger partial charge in [0.25, 0.3) is 5.91 Å². The fourth-order valence-electron chi connectivity index (χ4n) is 2.59. The van der Waals surface area contributed by atoms with Crippen LogP contribution in [-0.2, 0) is 4.74 Å². The molecule has 2 N–H and O–H groups in total. The standard InChI is InChI=1S/C18H21N3O2/c1-13-4-2-5-14(10-13)21-18(22)17-8-7-15(11-20-17)19-12-16-6-3-9-23-16/h2,4-5,7-8,10-11,16,19H,3,6,9,12H2,1H3,(H,21,22). The molecule has 2 aromatic rings. The Bertz CT molecular complexity index is 664. The molecule has 1 aliphatic rings. The molecule has 0 radical (unpaired) electrons. The lowest BCUT2D eigenvalue weighted by Gasteiger charge is -2.12. The number of anilines is 2.